The lowest BCUT2D eigenvalue weighted by Gasteiger charge is -2.33. The first-order valence-corrected chi connectivity index (χ1v) is 11.4. The average Bonchev–Trinajstić information content (AvgIpc) is 2.69. The minimum atomic E-state index is 0.362. The monoisotopic (exact) mass is 379 g/mol. The molecule has 1 nitrogen and oxygen atoms in total. The lowest BCUT2D eigenvalue weighted by molar-refractivity contribution is 0.213. The van der Waals surface area contributed by atoms with E-state index >= 15 is 0 Å². The summed E-state index contributed by atoms with van der Waals surface area (Å²) in [4.78, 5) is 2.74. The van der Waals surface area contributed by atoms with Gasteiger partial charge >= 0.3 is 0 Å². The maximum atomic E-state index is 2.74. The first-order chi connectivity index (χ1) is 13.6. The number of benzene rings is 2. The predicted octanol–water partition coefficient (Wildman–Crippen LogP) is 7.73. The Morgan fingerprint density at radius 1 is 0.571 bits per heavy atom. The number of unbranched alkanes of at least 4 members (excludes halogenated alkanes) is 2. The zero-order chi connectivity index (χ0) is 20.2. The molecule has 2 rings (SSSR count). The smallest absolute Gasteiger partial charge is 0.0601 e. The Morgan fingerprint density at radius 2 is 0.964 bits per heavy atom. The Bertz CT molecular complexity index is 562. The van der Waals surface area contributed by atoms with Gasteiger partial charge in [-0.1, -0.05) is 114 Å². The van der Waals surface area contributed by atoms with Crippen LogP contribution in [-0.2, 0) is 0 Å². The maximum Gasteiger partial charge on any atom is 0.0601 e. The van der Waals surface area contributed by atoms with E-state index in [0.29, 0.717) is 6.04 Å². The van der Waals surface area contributed by atoms with Crippen molar-refractivity contribution in [3.05, 3.63) is 71.8 Å². The molecule has 0 saturated carbocycles. The van der Waals surface area contributed by atoms with Gasteiger partial charge in [0.05, 0.1) is 6.04 Å². The third kappa shape index (κ3) is 8.19. The van der Waals surface area contributed by atoms with Gasteiger partial charge in [-0.15, -0.1) is 0 Å². The fourth-order valence-corrected chi connectivity index (χ4v) is 3.99. The number of rotatable bonds is 13. The molecule has 154 valence electrons. The summed E-state index contributed by atoms with van der Waals surface area (Å²) in [5.41, 5.74) is 2.84. The molecule has 0 N–H and O–H groups in total. The molecule has 0 bridgehead atoms. The van der Waals surface area contributed by atoms with Crippen molar-refractivity contribution in [1.82, 2.24) is 4.90 Å². The number of nitrogens with zero attached hydrogens (tertiary/aromatic N) is 1. The summed E-state index contributed by atoms with van der Waals surface area (Å²) in [6.07, 6.45) is 7.91. The molecule has 0 amide bonds. The Labute approximate surface area is 174 Å². The molecule has 0 radical (unpaired) electrons. The van der Waals surface area contributed by atoms with E-state index in [4.69, 9.17) is 0 Å². The molecule has 0 fully saturated rings. The zero-order valence-electron chi connectivity index (χ0n) is 18.6. The Morgan fingerprint density at radius 3 is 1.32 bits per heavy atom. The molecule has 2 aromatic carbocycles. The summed E-state index contributed by atoms with van der Waals surface area (Å²) in [6.45, 7) is 11.7. The van der Waals surface area contributed by atoms with Crippen LogP contribution in [0.1, 0.15) is 83.4 Å². The second-order valence-corrected chi connectivity index (χ2v) is 9.04. The van der Waals surface area contributed by atoms with Crippen LogP contribution in [0.3, 0.4) is 0 Å². The van der Waals surface area contributed by atoms with Crippen LogP contribution in [0.4, 0.5) is 0 Å². The highest BCUT2D eigenvalue weighted by Gasteiger charge is 2.21. The van der Waals surface area contributed by atoms with E-state index in [2.05, 4.69) is 93.3 Å². The van der Waals surface area contributed by atoms with Crippen LogP contribution in [-0.4, -0.2) is 18.0 Å². The van der Waals surface area contributed by atoms with Crippen molar-refractivity contribution in [2.75, 3.05) is 13.1 Å². The van der Waals surface area contributed by atoms with Crippen molar-refractivity contribution >= 4 is 0 Å². The summed E-state index contributed by atoms with van der Waals surface area (Å²) in [5.74, 6) is 1.61. The van der Waals surface area contributed by atoms with E-state index in [1.165, 1.54) is 62.7 Å². The Hall–Kier alpha value is -1.60. The van der Waals surface area contributed by atoms with E-state index < -0.39 is 0 Å². The van der Waals surface area contributed by atoms with Gasteiger partial charge in [-0.25, -0.2) is 0 Å². The van der Waals surface area contributed by atoms with Crippen LogP contribution in [0, 0.1) is 11.8 Å². The lowest BCUT2D eigenvalue weighted by atomic mass is 9.96. The topological polar surface area (TPSA) is 3.24 Å². The highest BCUT2D eigenvalue weighted by Crippen LogP contribution is 2.29. The maximum absolute atomic E-state index is 2.74. The van der Waals surface area contributed by atoms with Crippen molar-refractivity contribution in [3.8, 4) is 0 Å². The van der Waals surface area contributed by atoms with Crippen molar-refractivity contribution in [2.45, 2.75) is 72.3 Å². The molecule has 0 aliphatic heterocycles. The first-order valence-electron chi connectivity index (χ1n) is 11.4. The molecule has 0 saturated heterocycles. The van der Waals surface area contributed by atoms with Gasteiger partial charge in [0.1, 0.15) is 0 Å². The molecule has 0 unspecified atom stereocenters. The molecule has 28 heavy (non-hydrogen) atoms. The number of hydrogen-bond donors (Lipinski definition) is 0. The average molecular weight is 380 g/mol. The van der Waals surface area contributed by atoms with Gasteiger partial charge < -0.3 is 0 Å². The summed E-state index contributed by atoms with van der Waals surface area (Å²) < 4.78 is 0. The predicted molar refractivity (Wildman–Crippen MR) is 124 cm³/mol. The highest BCUT2D eigenvalue weighted by atomic mass is 15.2. The van der Waals surface area contributed by atoms with Crippen molar-refractivity contribution in [1.29, 1.82) is 0 Å². The standard InChI is InChI=1S/C27H41N/c1-23(2)15-11-13-21-28(22-14-12-16-24(3)4)27(25-17-7-5-8-18-25)26-19-9-6-10-20-26/h5-10,17-20,23-24,27H,11-16,21-22H2,1-4H3. The molecule has 0 aliphatic carbocycles. The second kappa shape index (κ2) is 12.8. The van der Waals surface area contributed by atoms with E-state index in [-0.39, 0.29) is 0 Å². The van der Waals surface area contributed by atoms with Gasteiger partial charge in [-0.05, 0) is 48.9 Å². The quantitative estimate of drug-likeness (QED) is 0.322. The van der Waals surface area contributed by atoms with Crippen LogP contribution < -0.4 is 0 Å². The third-order valence-electron chi connectivity index (χ3n) is 5.55. The second-order valence-electron chi connectivity index (χ2n) is 9.04. The third-order valence-corrected chi connectivity index (χ3v) is 5.55. The van der Waals surface area contributed by atoms with E-state index in [1.807, 2.05) is 0 Å². The minimum absolute atomic E-state index is 0.362. The van der Waals surface area contributed by atoms with Gasteiger partial charge in [-0.3, -0.25) is 4.90 Å². The van der Waals surface area contributed by atoms with Crippen LogP contribution >= 0.6 is 0 Å². The van der Waals surface area contributed by atoms with Gasteiger partial charge in [0.2, 0.25) is 0 Å². The Kier molecular flexibility index (Phi) is 10.4. The molecule has 0 spiro atoms. The van der Waals surface area contributed by atoms with Crippen LogP contribution in [0.25, 0.3) is 0 Å². The molecule has 0 aromatic heterocycles. The van der Waals surface area contributed by atoms with E-state index in [1.54, 1.807) is 0 Å². The summed E-state index contributed by atoms with van der Waals surface area (Å²) >= 11 is 0. The molecule has 1 heteroatoms. The molecular weight excluding hydrogens is 338 g/mol. The molecular formula is C27H41N. The summed E-state index contributed by atoms with van der Waals surface area (Å²) in [5, 5.41) is 0. The summed E-state index contributed by atoms with van der Waals surface area (Å²) in [7, 11) is 0. The largest absolute Gasteiger partial charge is 0.292 e. The van der Waals surface area contributed by atoms with Gasteiger partial charge in [0, 0.05) is 0 Å². The van der Waals surface area contributed by atoms with Crippen molar-refractivity contribution in [3.63, 3.8) is 0 Å². The molecule has 0 atom stereocenters. The lowest BCUT2D eigenvalue weighted by Crippen LogP contribution is -2.32. The van der Waals surface area contributed by atoms with Gasteiger partial charge in [0.15, 0.2) is 0 Å². The van der Waals surface area contributed by atoms with E-state index in [0.717, 1.165) is 11.8 Å². The Balaban J connectivity index is 2.15. The SMILES string of the molecule is CC(C)CCCCN(CCCCC(C)C)C(c1ccccc1)c1ccccc1. The highest BCUT2D eigenvalue weighted by molar-refractivity contribution is 5.31. The number of hydrogen-bond acceptors (Lipinski definition) is 1. The normalized spacial score (nSPS) is 11.9. The van der Waals surface area contributed by atoms with Crippen molar-refractivity contribution < 1.29 is 0 Å². The molecule has 0 heterocycles. The van der Waals surface area contributed by atoms with Crippen LogP contribution in [0.5, 0.6) is 0 Å². The van der Waals surface area contributed by atoms with Crippen LogP contribution in [0.15, 0.2) is 60.7 Å². The van der Waals surface area contributed by atoms with E-state index in [9.17, 15) is 0 Å². The molecule has 2 aromatic rings. The first kappa shape index (κ1) is 22.7. The van der Waals surface area contributed by atoms with Gasteiger partial charge in [-0.2, -0.15) is 0 Å². The zero-order valence-corrected chi connectivity index (χ0v) is 18.6. The van der Waals surface area contributed by atoms with Crippen molar-refractivity contribution in [2.24, 2.45) is 11.8 Å². The summed E-state index contributed by atoms with van der Waals surface area (Å²) in [6, 6.07) is 22.5. The fraction of sp³-hybridized carbons (Fsp3) is 0.556. The minimum Gasteiger partial charge on any atom is -0.292 e. The molecule has 0 aliphatic rings. The van der Waals surface area contributed by atoms with Gasteiger partial charge in [0.25, 0.3) is 0 Å². The van der Waals surface area contributed by atoms with Crippen LogP contribution in [0.2, 0.25) is 0 Å². The fourth-order valence-electron chi connectivity index (χ4n) is 3.99.